The Balaban J connectivity index is 1.72. The van der Waals surface area contributed by atoms with Crippen LogP contribution in [0, 0.1) is 0 Å². The lowest BCUT2D eigenvalue weighted by molar-refractivity contribution is 0.102. The second-order valence-electron chi connectivity index (χ2n) is 6.70. The molecule has 0 atom stereocenters. The number of benzene rings is 1. The van der Waals surface area contributed by atoms with E-state index in [0.717, 1.165) is 6.07 Å². The van der Waals surface area contributed by atoms with Gasteiger partial charge < -0.3 is 15.2 Å². The van der Waals surface area contributed by atoms with Crippen molar-refractivity contribution in [2.24, 2.45) is 0 Å². The Morgan fingerprint density at radius 2 is 1.86 bits per heavy atom. The lowest BCUT2D eigenvalue weighted by atomic mass is 10.3. The van der Waals surface area contributed by atoms with Crippen LogP contribution in [-0.4, -0.2) is 73.0 Å². The molecule has 29 heavy (non-hydrogen) atoms. The number of thioether (sulfide) groups is 1. The van der Waals surface area contributed by atoms with Gasteiger partial charge in [-0.25, -0.2) is 13.4 Å². The number of anilines is 1. The van der Waals surface area contributed by atoms with Gasteiger partial charge in [-0.05, 0) is 37.6 Å². The van der Waals surface area contributed by atoms with E-state index in [1.54, 1.807) is 0 Å². The number of nitrogens with one attached hydrogen (secondary N) is 2. The fourth-order valence-electron chi connectivity index (χ4n) is 2.91. The maximum absolute atomic E-state index is 12.8. The molecule has 11 heteroatoms. The molecule has 1 saturated heterocycles. The van der Waals surface area contributed by atoms with Crippen LogP contribution in [-0.2, 0) is 15.8 Å². The van der Waals surface area contributed by atoms with Crippen LogP contribution in [0.15, 0.2) is 40.0 Å². The molecule has 0 bridgehead atoms. The molecule has 0 spiro atoms. The number of aromatic nitrogens is 2. The van der Waals surface area contributed by atoms with Gasteiger partial charge in [0.15, 0.2) is 0 Å². The highest BCUT2D eigenvalue weighted by Crippen LogP contribution is 2.20. The molecule has 2 heterocycles. The number of carbonyl (C=O) groups is 1. The number of likely N-dealkylation sites (N-methyl/N-ethyl adjacent to an activating group) is 1. The summed E-state index contributed by atoms with van der Waals surface area (Å²) in [5.41, 5.74) is 0.0237. The third-order valence-corrected chi connectivity index (χ3v) is 6.99. The maximum Gasteiger partial charge on any atom is 0.274 e. The molecule has 0 radical (unpaired) electrons. The van der Waals surface area contributed by atoms with Gasteiger partial charge >= 0.3 is 0 Å². The Morgan fingerprint density at radius 1 is 1.21 bits per heavy atom. The molecule has 156 valence electrons. The van der Waals surface area contributed by atoms with E-state index >= 15 is 0 Å². The summed E-state index contributed by atoms with van der Waals surface area (Å²) < 4.78 is 27.0. The standard InChI is InChI=1S/C18H23N5O4S2/c1-22-7-9-23(10-8-22)29(26,27)14-5-3-13(4-6-14)19-18(25)15-11-17(24)21-16(20-15)12-28-2/h3-6,11H,7-10,12H2,1-2H3,(H,19,25)(H,20,21,24). The van der Waals surface area contributed by atoms with Crippen LogP contribution < -0.4 is 10.9 Å². The van der Waals surface area contributed by atoms with E-state index in [1.165, 1.54) is 40.3 Å². The van der Waals surface area contributed by atoms with Gasteiger partial charge in [0.05, 0.1) is 10.6 Å². The van der Waals surface area contributed by atoms with E-state index in [2.05, 4.69) is 20.2 Å². The zero-order valence-electron chi connectivity index (χ0n) is 16.2. The highest BCUT2D eigenvalue weighted by atomic mass is 32.2. The molecule has 0 saturated carbocycles. The van der Waals surface area contributed by atoms with Crippen molar-refractivity contribution in [2.75, 3.05) is 44.8 Å². The second kappa shape index (κ2) is 9.08. The quantitative estimate of drug-likeness (QED) is 0.687. The van der Waals surface area contributed by atoms with E-state index in [0.29, 0.717) is 43.4 Å². The number of hydrogen-bond acceptors (Lipinski definition) is 7. The zero-order chi connectivity index (χ0) is 21.0. The summed E-state index contributed by atoms with van der Waals surface area (Å²) in [5.74, 6) is 0.367. The van der Waals surface area contributed by atoms with Crippen molar-refractivity contribution in [1.29, 1.82) is 0 Å². The highest BCUT2D eigenvalue weighted by Gasteiger charge is 2.27. The maximum atomic E-state index is 12.8. The minimum atomic E-state index is -3.57. The molecule has 2 N–H and O–H groups in total. The van der Waals surface area contributed by atoms with Crippen molar-refractivity contribution in [3.63, 3.8) is 0 Å². The number of amides is 1. The van der Waals surface area contributed by atoms with Crippen LogP contribution in [0.3, 0.4) is 0 Å². The molecule has 1 aliphatic heterocycles. The van der Waals surface area contributed by atoms with Gasteiger partial charge in [0, 0.05) is 37.9 Å². The lowest BCUT2D eigenvalue weighted by Gasteiger charge is -2.31. The van der Waals surface area contributed by atoms with Crippen LogP contribution in [0.5, 0.6) is 0 Å². The molecule has 3 rings (SSSR count). The van der Waals surface area contributed by atoms with Crippen LogP contribution in [0.4, 0.5) is 5.69 Å². The Labute approximate surface area is 173 Å². The van der Waals surface area contributed by atoms with Crippen molar-refractivity contribution in [1.82, 2.24) is 19.2 Å². The van der Waals surface area contributed by atoms with E-state index in [1.807, 2.05) is 13.3 Å². The molecular formula is C18H23N5O4S2. The topological polar surface area (TPSA) is 115 Å². The van der Waals surface area contributed by atoms with Crippen LogP contribution >= 0.6 is 11.8 Å². The molecule has 1 aromatic heterocycles. The first kappa shape index (κ1) is 21.5. The van der Waals surface area contributed by atoms with Crippen molar-refractivity contribution in [2.45, 2.75) is 10.6 Å². The van der Waals surface area contributed by atoms with Crippen molar-refractivity contribution in [3.8, 4) is 0 Å². The zero-order valence-corrected chi connectivity index (χ0v) is 17.8. The molecule has 0 aliphatic carbocycles. The number of rotatable bonds is 6. The fourth-order valence-corrected chi connectivity index (χ4v) is 4.74. The van der Waals surface area contributed by atoms with Crippen LogP contribution in [0.1, 0.15) is 16.3 Å². The Kier molecular flexibility index (Phi) is 6.73. The van der Waals surface area contributed by atoms with E-state index in [9.17, 15) is 18.0 Å². The molecule has 1 fully saturated rings. The summed E-state index contributed by atoms with van der Waals surface area (Å²) in [6, 6.07) is 7.11. The summed E-state index contributed by atoms with van der Waals surface area (Å²) in [7, 11) is -1.61. The average molecular weight is 438 g/mol. The smallest absolute Gasteiger partial charge is 0.274 e. The minimum absolute atomic E-state index is 0.00642. The van der Waals surface area contributed by atoms with E-state index in [-0.39, 0.29) is 10.6 Å². The fraction of sp³-hybridized carbons (Fsp3) is 0.389. The van der Waals surface area contributed by atoms with Crippen molar-refractivity contribution in [3.05, 3.63) is 52.2 Å². The van der Waals surface area contributed by atoms with Crippen LogP contribution in [0.25, 0.3) is 0 Å². The van der Waals surface area contributed by atoms with Crippen molar-refractivity contribution < 1.29 is 13.2 Å². The van der Waals surface area contributed by atoms with Crippen LogP contribution in [0.2, 0.25) is 0 Å². The first-order chi connectivity index (χ1) is 13.8. The first-order valence-electron chi connectivity index (χ1n) is 8.99. The van der Waals surface area contributed by atoms with Gasteiger partial charge in [-0.3, -0.25) is 9.59 Å². The van der Waals surface area contributed by atoms with Gasteiger partial charge in [0.2, 0.25) is 10.0 Å². The minimum Gasteiger partial charge on any atom is -0.321 e. The summed E-state index contributed by atoms with van der Waals surface area (Å²) >= 11 is 1.48. The Morgan fingerprint density at radius 3 is 2.48 bits per heavy atom. The lowest BCUT2D eigenvalue weighted by Crippen LogP contribution is -2.46. The SMILES string of the molecule is CSCc1nc(C(=O)Nc2ccc(S(=O)(=O)N3CCN(C)CC3)cc2)cc(=O)[nH]1. The third kappa shape index (κ3) is 5.24. The largest absolute Gasteiger partial charge is 0.321 e. The molecule has 1 aliphatic rings. The van der Waals surface area contributed by atoms with E-state index in [4.69, 9.17) is 0 Å². The number of sulfonamides is 1. The molecule has 0 unspecified atom stereocenters. The second-order valence-corrected chi connectivity index (χ2v) is 9.50. The third-order valence-electron chi connectivity index (χ3n) is 4.52. The predicted octanol–water partition coefficient (Wildman–Crippen LogP) is 0.821. The number of carbonyl (C=O) groups excluding carboxylic acids is 1. The number of hydrogen-bond donors (Lipinski definition) is 2. The molecular weight excluding hydrogens is 414 g/mol. The highest BCUT2D eigenvalue weighted by molar-refractivity contribution is 7.97. The Hall–Kier alpha value is -2.21. The Bertz CT molecular complexity index is 1030. The summed E-state index contributed by atoms with van der Waals surface area (Å²) in [6.07, 6.45) is 1.87. The van der Waals surface area contributed by atoms with Gasteiger partial charge in [0.25, 0.3) is 11.5 Å². The monoisotopic (exact) mass is 437 g/mol. The summed E-state index contributed by atoms with van der Waals surface area (Å²) in [5, 5.41) is 2.64. The van der Waals surface area contributed by atoms with E-state index < -0.39 is 21.5 Å². The predicted molar refractivity (Wildman–Crippen MR) is 113 cm³/mol. The molecule has 9 nitrogen and oxygen atoms in total. The van der Waals surface area contributed by atoms with Crippen molar-refractivity contribution >= 4 is 33.4 Å². The van der Waals surface area contributed by atoms with Gasteiger partial charge in [-0.1, -0.05) is 0 Å². The average Bonchev–Trinajstić information content (AvgIpc) is 2.68. The number of H-pyrrole nitrogens is 1. The first-order valence-corrected chi connectivity index (χ1v) is 11.8. The normalized spacial score (nSPS) is 15.9. The summed E-state index contributed by atoms with van der Waals surface area (Å²) in [6.45, 7) is 2.28. The molecule has 2 aromatic rings. The summed E-state index contributed by atoms with van der Waals surface area (Å²) in [4.78, 5) is 33.1. The number of piperazine rings is 1. The van der Waals surface area contributed by atoms with Gasteiger partial charge in [-0.2, -0.15) is 16.1 Å². The molecule has 1 amide bonds. The van der Waals surface area contributed by atoms with Gasteiger partial charge in [0.1, 0.15) is 11.5 Å². The number of nitrogens with zero attached hydrogens (tertiary/aromatic N) is 3. The molecule has 1 aromatic carbocycles. The number of aromatic amines is 1. The van der Waals surface area contributed by atoms with Gasteiger partial charge in [-0.15, -0.1) is 0 Å².